The minimum absolute atomic E-state index is 0.0810. The lowest BCUT2D eigenvalue weighted by atomic mass is 10.0. The van der Waals surface area contributed by atoms with Crippen LogP contribution in [0, 0.1) is 5.92 Å². The average Bonchev–Trinajstić information content (AvgIpc) is 2.85. The Morgan fingerprint density at radius 2 is 1.87 bits per heavy atom. The summed E-state index contributed by atoms with van der Waals surface area (Å²) in [5, 5.41) is 2.86. The van der Waals surface area contributed by atoms with Crippen LogP contribution in [-0.4, -0.2) is 37.0 Å². The van der Waals surface area contributed by atoms with Gasteiger partial charge in [-0.15, -0.1) is 0 Å². The monoisotopic (exact) mass is 339 g/mol. The van der Waals surface area contributed by atoms with Gasteiger partial charge in [0.05, 0.1) is 5.75 Å². The van der Waals surface area contributed by atoms with E-state index in [0.29, 0.717) is 26.1 Å². The van der Waals surface area contributed by atoms with Gasteiger partial charge in [0, 0.05) is 19.6 Å². The Kier molecular flexibility index (Phi) is 5.78. The number of nitrogens with two attached hydrogens (primary N) is 1. The number of sulfonamides is 1. The van der Waals surface area contributed by atoms with Gasteiger partial charge in [-0.2, -0.15) is 4.31 Å². The van der Waals surface area contributed by atoms with Crippen molar-refractivity contribution in [1.29, 1.82) is 0 Å². The summed E-state index contributed by atoms with van der Waals surface area (Å²) in [6.45, 7) is 5.02. The first-order valence-corrected chi connectivity index (χ1v) is 9.51. The maximum atomic E-state index is 12.5. The highest BCUT2D eigenvalue weighted by atomic mass is 32.2. The zero-order valence-electron chi connectivity index (χ0n) is 13.7. The number of carbonyl (C=O) groups excluding carboxylic acids is 1. The van der Waals surface area contributed by atoms with E-state index in [1.807, 2.05) is 38.1 Å². The Labute approximate surface area is 138 Å². The SMILES string of the molecule is CC(C)C(C(=O)NCc1ccc(CN)cc1)N1CCCS1(=O)=O. The summed E-state index contributed by atoms with van der Waals surface area (Å²) in [6, 6.07) is 7.03. The molecule has 23 heavy (non-hydrogen) atoms. The zero-order valence-corrected chi connectivity index (χ0v) is 14.5. The first-order chi connectivity index (χ1) is 10.8. The topological polar surface area (TPSA) is 92.5 Å². The molecule has 0 bridgehead atoms. The minimum atomic E-state index is -3.31. The molecule has 0 aromatic heterocycles. The van der Waals surface area contributed by atoms with Crippen molar-refractivity contribution in [1.82, 2.24) is 9.62 Å². The van der Waals surface area contributed by atoms with Crippen LogP contribution >= 0.6 is 0 Å². The van der Waals surface area contributed by atoms with Gasteiger partial charge < -0.3 is 11.1 Å². The summed E-state index contributed by atoms with van der Waals surface area (Å²) in [7, 11) is -3.31. The fraction of sp³-hybridized carbons (Fsp3) is 0.562. The van der Waals surface area contributed by atoms with Crippen LogP contribution in [0.5, 0.6) is 0 Å². The smallest absolute Gasteiger partial charge is 0.238 e. The molecule has 1 heterocycles. The summed E-state index contributed by atoms with van der Waals surface area (Å²) in [6.07, 6.45) is 0.583. The van der Waals surface area contributed by atoms with Crippen molar-refractivity contribution in [3.63, 3.8) is 0 Å². The Morgan fingerprint density at radius 1 is 1.26 bits per heavy atom. The van der Waals surface area contributed by atoms with E-state index >= 15 is 0 Å². The van der Waals surface area contributed by atoms with Crippen molar-refractivity contribution in [2.45, 2.75) is 39.4 Å². The molecule has 3 N–H and O–H groups in total. The lowest BCUT2D eigenvalue weighted by Gasteiger charge is -2.28. The van der Waals surface area contributed by atoms with Crippen molar-refractivity contribution in [3.8, 4) is 0 Å². The molecule has 1 atom stereocenters. The van der Waals surface area contributed by atoms with Gasteiger partial charge in [-0.3, -0.25) is 4.79 Å². The minimum Gasteiger partial charge on any atom is -0.351 e. The van der Waals surface area contributed by atoms with Crippen molar-refractivity contribution in [2.75, 3.05) is 12.3 Å². The number of nitrogens with one attached hydrogen (secondary N) is 1. The average molecular weight is 339 g/mol. The molecule has 1 aliphatic rings. The number of rotatable bonds is 6. The number of nitrogens with zero attached hydrogens (tertiary/aromatic N) is 1. The van der Waals surface area contributed by atoms with Crippen molar-refractivity contribution in [2.24, 2.45) is 11.7 Å². The van der Waals surface area contributed by atoms with Crippen LogP contribution in [0.2, 0.25) is 0 Å². The normalized spacial score (nSPS) is 19.0. The Hall–Kier alpha value is -1.44. The number of carbonyl (C=O) groups is 1. The van der Waals surface area contributed by atoms with E-state index < -0.39 is 16.1 Å². The number of hydrogen-bond acceptors (Lipinski definition) is 4. The quantitative estimate of drug-likeness (QED) is 0.802. The van der Waals surface area contributed by atoms with Gasteiger partial charge in [-0.05, 0) is 23.5 Å². The number of amides is 1. The van der Waals surface area contributed by atoms with E-state index in [-0.39, 0.29) is 17.6 Å². The highest BCUT2D eigenvalue weighted by Gasteiger charge is 2.39. The molecular weight excluding hydrogens is 314 g/mol. The highest BCUT2D eigenvalue weighted by molar-refractivity contribution is 7.89. The standard InChI is InChI=1S/C16H25N3O3S/c1-12(2)15(19-8-3-9-23(19,21)22)16(20)18-11-14-6-4-13(10-17)5-7-14/h4-7,12,15H,3,8-11,17H2,1-2H3,(H,18,20). The molecule has 128 valence electrons. The first-order valence-electron chi connectivity index (χ1n) is 7.90. The summed E-state index contributed by atoms with van der Waals surface area (Å²) < 4.78 is 25.5. The maximum Gasteiger partial charge on any atom is 0.238 e. The van der Waals surface area contributed by atoms with Crippen LogP contribution in [0.1, 0.15) is 31.4 Å². The van der Waals surface area contributed by atoms with Crippen LogP contribution in [0.3, 0.4) is 0 Å². The molecule has 1 aromatic carbocycles. The zero-order chi connectivity index (χ0) is 17.0. The molecule has 0 aliphatic carbocycles. The van der Waals surface area contributed by atoms with Gasteiger partial charge in [0.25, 0.3) is 0 Å². The van der Waals surface area contributed by atoms with E-state index in [0.717, 1.165) is 11.1 Å². The third-order valence-electron chi connectivity index (χ3n) is 4.07. The van der Waals surface area contributed by atoms with Gasteiger partial charge in [-0.25, -0.2) is 8.42 Å². The number of hydrogen-bond donors (Lipinski definition) is 2. The molecule has 6 nitrogen and oxygen atoms in total. The van der Waals surface area contributed by atoms with Crippen LogP contribution in [0.4, 0.5) is 0 Å². The van der Waals surface area contributed by atoms with Gasteiger partial charge in [0.1, 0.15) is 6.04 Å². The van der Waals surface area contributed by atoms with Gasteiger partial charge in [0.2, 0.25) is 15.9 Å². The van der Waals surface area contributed by atoms with E-state index in [9.17, 15) is 13.2 Å². The summed E-state index contributed by atoms with van der Waals surface area (Å²) in [5.41, 5.74) is 7.55. The summed E-state index contributed by atoms with van der Waals surface area (Å²) in [4.78, 5) is 12.5. The fourth-order valence-electron chi connectivity index (χ4n) is 2.82. The Bertz CT molecular complexity index is 641. The fourth-order valence-corrected chi connectivity index (χ4v) is 4.65. The first kappa shape index (κ1) is 17.9. The van der Waals surface area contributed by atoms with Crippen LogP contribution in [0.25, 0.3) is 0 Å². The van der Waals surface area contributed by atoms with Crippen molar-refractivity contribution < 1.29 is 13.2 Å². The molecule has 2 rings (SSSR count). The predicted molar refractivity (Wildman–Crippen MR) is 89.9 cm³/mol. The highest BCUT2D eigenvalue weighted by Crippen LogP contribution is 2.22. The van der Waals surface area contributed by atoms with E-state index in [1.165, 1.54) is 4.31 Å². The molecule has 0 saturated carbocycles. The Balaban J connectivity index is 2.03. The second kappa shape index (κ2) is 7.42. The largest absolute Gasteiger partial charge is 0.351 e. The predicted octanol–water partition coefficient (Wildman–Crippen LogP) is 0.822. The van der Waals surface area contributed by atoms with Crippen molar-refractivity contribution >= 4 is 15.9 Å². The van der Waals surface area contributed by atoms with Crippen molar-refractivity contribution in [3.05, 3.63) is 35.4 Å². The molecule has 1 saturated heterocycles. The molecule has 1 amide bonds. The molecule has 7 heteroatoms. The lowest BCUT2D eigenvalue weighted by molar-refractivity contribution is -0.126. The summed E-state index contributed by atoms with van der Waals surface area (Å²) in [5.74, 6) is -0.194. The molecule has 0 radical (unpaired) electrons. The third-order valence-corrected chi connectivity index (χ3v) is 6.00. The lowest BCUT2D eigenvalue weighted by Crippen LogP contribution is -2.50. The molecule has 1 aromatic rings. The molecule has 0 spiro atoms. The molecule has 1 aliphatic heterocycles. The summed E-state index contributed by atoms with van der Waals surface area (Å²) >= 11 is 0. The van der Waals surface area contributed by atoms with Crippen LogP contribution in [-0.2, 0) is 27.9 Å². The van der Waals surface area contributed by atoms with Crippen LogP contribution < -0.4 is 11.1 Å². The van der Waals surface area contributed by atoms with E-state index in [4.69, 9.17) is 5.73 Å². The third kappa shape index (κ3) is 4.31. The van der Waals surface area contributed by atoms with Crippen LogP contribution in [0.15, 0.2) is 24.3 Å². The van der Waals surface area contributed by atoms with Gasteiger partial charge in [0.15, 0.2) is 0 Å². The second-order valence-corrected chi connectivity index (χ2v) is 8.25. The maximum absolute atomic E-state index is 12.5. The Morgan fingerprint density at radius 3 is 2.35 bits per heavy atom. The van der Waals surface area contributed by atoms with Gasteiger partial charge >= 0.3 is 0 Å². The molecule has 1 fully saturated rings. The number of benzene rings is 1. The van der Waals surface area contributed by atoms with Gasteiger partial charge in [-0.1, -0.05) is 38.1 Å². The molecular formula is C16H25N3O3S. The molecule has 1 unspecified atom stereocenters. The van der Waals surface area contributed by atoms with E-state index in [2.05, 4.69) is 5.32 Å². The van der Waals surface area contributed by atoms with E-state index in [1.54, 1.807) is 0 Å². The second-order valence-electron chi connectivity index (χ2n) is 6.21.